The summed E-state index contributed by atoms with van der Waals surface area (Å²) in [4.78, 5) is 17.1. The minimum absolute atomic E-state index is 0.0803. The summed E-state index contributed by atoms with van der Waals surface area (Å²) in [5.74, 6) is 0.357. The summed E-state index contributed by atoms with van der Waals surface area (Å²) in [7, 11) is -1.88. The summed E-state index contributed by atoms with van der Waals surface area (Å²) in [6.07, 6.45) is 3.33. The number of aromatic nitrogens is 3. The molecule has 0 atom stereocenters. The number of hydrogen-bond donors (Lipinski definition) is 1. The number of carbonyl (C=O) groups is 1. The normalized spacial score (nSPS) is 11.8. The maximum absolute atomic E-state index is 12.7. The van der Waals surface area contributed by atoms with E-state index >= 15 is 0 Å². The molecule has 4 aromatic rings. The van der Waals surface area contributed by atoms with Gasteiger partial charge in [0.25, 0.3) is 0 Å². The second-order valence-corrected chi connectivity index (χ2v) is 16.4. The number of nitrogens with one attached hydrogen (secondary N) is 1. The van der Waals surface area contributed by atoms with Crippen LogP contribution < -0.4 is 10.1 Å². The molecule has 216 valence electrons. The number of hydrogen-bond acceptors (Lipinski definition) is 7. The molecule has 0 bridgehead atoms. The van der Waals surface area contributed by atoms with E-state index in [0.717, 1.165) is 16.8 Å². The molecule has 0 aliphatic rings. The van der Waals surface area contributed by atoms with Crippen LogP contribution in [0.1, 0.15) is 49.3 Å². The van der Waals surface area contributed by atoms with Gasteiger partial charge in [-0.05, 0) is 54.9 Å². The fourth-order valence-corrected chi connectivity index (χ4v) is 4.89. The van der Waals surface area contributed by atoms with Gasteiger partial charge < -0.3 is 19.2 Å². The van der Waals surface area contributed by atoms with Crippen LogP contribution in [0.3, 0.4) is 0 Å². The number of para-hydroxylation sites is 1. The van der Waals surface area contributed by atoms with Crippen LogP contribution in [0.15, 0.2) is 73.1 Å². The summed E-state index contributed by atoms with van der Waals surface area (Å²) in [6, 6.07) is 19.2. The van der Waals surface area contributed by atoms with Crippen molar-refractivity contribution in [3.8, 4) is 11.4 Å². The second-order valence-electron chi connectivity index (χ2n) is 11.2. The smallest absolute Gasteiger partial charge is 0.362 e. The Morgan fingerprint density at radius 1 is 1.05 bits per heavy atom. The maximum Gasteiger partial charge on any atom is 0.362 e. The fraction of sp³-hybridized carbons (Fsp3) is 0.323. The highest BCUT2D eigenvalue weighted by Gasteiger charge is 2.37. The predicted octanol–water partition coefficient (Wildman–Crippen LogP) is 7.94. The van der Waals surface area contributed by atoms with Crippen molar-refractivity contribution in [2.45, 2.75) is 59.0 Å². The standard InChI is InChI=1S/C31H37ClN4O4Si/c1-7-38-30(37)29-27(19-36(35-29)25-15-16-33-28(18-25)34-24-11-9-8-10-12-24)39-21-23-14-13-22(17-26(23)32)20-40-41(5,6)31(2,3)4/h8-19H,7,20-21H2,1-6H3,(H,33,34). The number of benzene rings is 2. The molecule has 41 heavy (non-hydrogen) atoms. The summed E-state index contributed by atoms with van der Waals surface area (Å²) in [6.45, 7) is 13.7. The van der Waals surface area contributed by atoms with Crippen molar-refractivity contribution in [2.75, 3.05) is 11.9 Å². The molecule has 0 aliphatic carbocycles. The Morgan fingerprint density at radius 3 is 2.49 bits per heavy atom. The Hall–Kier alpha value is -3.66. The van der Waals surface area contributed by atoms with Gasteiger partial charge in [0, 0.05) is 28.5 Å². The van der Waals surface area contributed by atoms with Crippen LogP contribution in [0.4, 0.5) is 11.5 Å². The van der Waals surface area contributed by atoms with Crippen LogP contribution in [-0.4, -0.2) is 35.7 Å². The zero-order chi connectivity index (χ0) is 29.6. The number of rotatable bonds is 11. The van der Waals surface area contributed by atoms with Crippen LogP contribution in [0.2, 0.25) is 23.2 Å². The highest BCUT2D eigenvalue weighted by atomic mass is 35.5. The molecular formula is C31H37ClN4O4Si. The lowest BCUT2D eigenvalue weighted by molar-refractivity contribution is 0.0514. The van der Waals surface area contributed by atoms with E-state index in [9.17, 15) is 4.79 Å². The lowest BCUT2D eigenvalue weighted by Gasteiger charge is -2.36. The maximum atomic E-state index is 12.7. The Kier molecular flexibility index (Phi) is 9.52. The van der Waals surface area contributed by atoms with Gasteiger partial charge in [0.1, 0.15) is 12.4 Å². The summed E-state index contributed by atoms with van der Waals surface area (Å²) >= 11 is 6.62. The predicted molar refractivity (Wildman–Crippen MR) is 165 cm³/mol. The third kappa shape index (κ3) is 7.75. The average Bonchev–Trinajstić information content (AvgIpc) is 3.36. The van der Waals surface area contributed by atoms with Gasteiger partial charge in [-0.1, -0.05) is 62.7 Å². The molecular weight excluding hydrogens is 556 g/mol. The van der Waals surface area contributed by atoms with Crippen molar-refractivity contribution in [3.05, 3.63) is 94.9 Å². The first-order valence-corrected chi connectivity index (χ1v) is 16.8. The number of anilines is 2. The molecule has 0 spiro atoms. The summed E-state index contributed by atoms with van der Waals surface area (Å²) in [5, 5.41) is 8.44. The van der Waals surface area contributed by atoms with Crippen LogP contribution in [0.25, 0.3) is 5.69 Å². The van der Waals surface area contributed by atoms with E-state index in [1.807, 2.05) is 54.6 Å². The van der Waals surface area contributed by atoms with Crippen molar-refractivity contribution in [2.24, 2.45) is 0 Å². The molecule has 0 unspecified atom stereocenters. The van der Waals surface area contributed by atoms with E-state index in [0.29, 0.717) is 28.9 Å². The number of carbonyl (C=O) groups excluding carboxylic acids is 1. The first-order chi connectivity index (χ1) is 19.5. The van der Waals surface area contributed by atoms with E-state index in [2.05, 4.69) is 49.3 Å². The molecule has 10 heteroatoms. The molecule has 1 N–H and O–H groups in total. The molecule has 2 aromatic heterocycles. The summed E-state index contributed by atoms with van der Waals surface area (Å²) in [5.41, 5.74) is 3.47. The zero-order valence-electron chi connectivity index (χ0n) is 24.4. The number of pyridine rings is 1. The Bertz CT molecular complexity index is 1490. The zero-order valence-corrected chi connectivity index (χ0v) is 26.2. The van der Waals surface area contributed by atoms with Gasteiger partial charge in [0.2, 0.25) is 5.69 Å². The molecule has 2 heterocycles. The molecule has 0 radical (unpaired) electrons. The Balaban J connectivity index is 1.51. The highest BCUT2D eigenvalue weighted by Crippen LogP contribution is 2.37. The monoisotopic (exact) mass is 592 g/mol. The van der Waals surface area contributed by atoms with Crippen molar-refractivity contribution in [1.29, 1.82) is 0 Å². The first-order valence-electron chi connectivity index (χ1n) is 13.6. The van der Waals surface area contributed by atoms with E-state index in [4.69, 9.17) is 25.5 Å². The van der Waals surface area contributed by atoms with Crippen molar-refractivity contribution in [3.63, 3.8) is 0 Å². The minimum atomic E-state index is -1.88. The molecule has 0 amide bonds. The van der Waals surface area contributed by atoms with E-state index in [1.54, 1.807) is 30.1 Å². The third-order valence-corrected chi connectivity index (χ3v) is 11.9. The molecule has 0 fully saturated rings. The Labute approximate surface area is 247 Å². The van der Waals surface area contributed by atoms with Gasteiger partial charge in [0.05, 0.1) is 25.1 Å². The molecule has 0 aliphatic heterocycles. The van der Waals surface area contributed by atoms with Gasteiger partial charge in [0.15, 0.2) is 14.1 Å². The SMILES string of the molecule is CCOC(=O)c1nn(-c2ccnc(Nc3ccccc3)c2)cc1OCc1ccc(CO[Si](C)(C)C(C)(C)C)cc1Cl. The van der Waals surface area contributed by atoms with Crippen molar-refractivity contribution >= 4 is 37.4 Å². The lowest BCUT2D eigenvalue weighted by atomic mass is 10.1. The van der Waals surface area contributed by atoms with Crippen LogP contribution in [0, 0.1) is 0 Å². The minimum Gasteiger partial charge on any atom is -0.485 e. The molecule has 8 nitrogen and oxygen atoms in total. The molecule has 0 saturated carbocycles. The first kappa shape index (κ1) is 30.3. The van der Waals surface area contributed by atoms with E-state index < -0.39 is 14.3 Å². The number of halogens is 1. The van der Waals surface area contributed by atoms with Crippen LogP contribution in [0.5, 0.6) is 5.75 Å². The van der Waals surface area contributed by atoms with Crippen molar-refractivity contribution < 1.29 is 18.7 Å². The van der Waals surface area contributed by atoms with E-state index in [-0.39, 0.29) is 23.9 Å². The van der Waals surface area contributed by atoms with Crippen molar-refractivity contribution in [1.82, 2.24) is 14.8 Å². The quantitative estimate of drug-likeness (QED) is 0.140. The van der Waals surface area contributed by atoms with Gasteiger partial charge in [-0.25, -0.2) is 14.5 Å². The van der Waals surface area contributed by atoms with Gasteiger partial charge in [-0.2, -0.15) is 5.10 Å². The molecule has 2 aromatic carbocycles. The molecule has 4 rings (SSSR count). The van der Waals surface area contributed by atoms with Gasteiger partial charge in [-0.15, -0.1) is 0 Å². The number of esters is 1. The van der Waals surface area contributed by atoms with Crippen LogP contribution in [-0.2, 0) is 22.4 Å². The topological polar surface area (TPSA) is 87.5 Å². The Morgan fingerprint density at radius 2 is 1.80 bits per heavy atom. The largest absolute Gasteiger partial charge is 0.485 e. The third-order valence-electron chi connectivity index (χ3n) is 7.11. The van der Waals surface area contributed by atoms with Crippen LogP contribution >= 0.6 is 11.6 Å². The number of nitrogens with zero attached hydrogens (tertiary/aromatic N) is 3. The fourth-order valence-electron chi connectivity index (χ4n) is 3.67. The number of ether oxygens (including phenoxy) is 2. The second kappa shape index (κ2) is 12.9. The van der Waals surface area contributed by atoms with E-state index in [1.165, 1.54) is 0 Å². The highest BCUT2D eigenvalue weighted by molar-refractivity contribution is 6.74. The summed E-state index contributed by atoms with van der Waals surface area (Å²) < 4.78 is 19.2. The van der Waals surface area contributed by atoms with Gasteiger partial charge >= 0.3 is 5.97 Å². The molecule has 0 saturated heterocycles. The van der Waals surface area contributed by atoms with Gasteiger partial charge in [-0.3, -0.25) is 0 Å². The average molecular weight is 593 g/mol. The lowest BCUT2D eigenvalue weighted by Crippen LogP contribution is -2.40.